The van der Waals surface area contributed by atoms with Gasteiger partial charge in [0.2, 0.25) is 5.43 Å². The molecule has 0 saturated heterocycles. The number of methoxy groups -OCH3 is 1. The summed E-state index contributed by atoms with van der Waals surface area (Å²) in [7, 11) is 1.16. The van der Waals surface area contributed by atoms with E-state index in [2.05, 4.69) is 47.7 Å². The van der Waals surface area contributed by atoms with Gasteiger partial charge in [0.1, 0.15) is 0 Å². The summed E-state index contributed by atoms with van der Waals surface area (Å²) in [6.45, 7) is 16.0. The standard InChI is InChI=1S/C20H32N2O4Si/c1-12-16(26-27(8,9)19(2,3)4)13-10-14(23)17(25-7)15-18(24)21(6)11-20(12,5)22(13)15/h10,12,16H,11H2,1-9H3. The van der Waals surface area contributed by atoms with Gasteiger partial charge in [-0.25, -0.2) is 0 Å². The van der Waals surface area contributed by atoms with Crippen molar-refractivity contribution in [2.45, 2.75) is 64.4 Å². The van der Waals surface area contributed by atoms with Gasteiger partial charge in [-0.3, -0.25) is 9.59 Å². The first-order chi connectivity index (χ1) is 12.3. The SMILES string of the molecule is COc1c2n3c(cc1=O)C(O[Si](C)(C)C(C)(C)C)C(C)C3(C)CN(C)C2=O. The number of rotatable bonds is 3. The van der Waals surface area contributed by atoms with Crippen LogP contribution in [0.15, 0.2) is 10.9 Å². The van der Waals surface area contributed by atoms with Crippen LogP contribution in [0.2, 0.25) is 18.1 Å². The minimum absolute atomic E-state index is 0.0545. The summed E-state index contributed by atoms with van der Waals surface area (Å²) in [6.07, 6.45) is -0.215. The van der Waals surface area contributed by atoms with Crippen molar-refractivity contribution in [2.75, 3.05) is 20.7 Å². The number of carbonyl (C=O) groups excluding carboxylic acids is 1. The molecule has 0 aromatic carbocycles. The highest BCUT2D eigenvalue weighted by Crippen LogP contribution is 2.52. The lowest BCUT2D eigenvalue weighted by Crippen LogP contribution is -2.53. The Labute approximate surface area is 162 Å². The fourth-order valence-corrected chi connectivity index (χ4v) is 5.46. The Morgan fingerprint density at radius 1 is 1.26 bits per heavy atom. The van der Waals surface area contributed by atoms with E-state index in [1.807, 2.05) is 4.57 Å². The summed E-state index contributed by atoms with van der Waals surface area (Å²) in [5.41, 5.74) is 0.547. The largest absolute Gasteiger partial charge is 0.491 e. The van der Waals surface area contributed by atoms with Crippen LogP contribution >= 0.6 is 0 Å². The van der Waals surface area contributed by atoms with E-state index in [0.717, 1.165) is 5.69 Å². The summed E-state index contributed by atoms with van der Waals surface area (Å²) in [4.78, 5) is 27.4. The molecule has 2 aliphatic heterocycles. The maximum Gasteiger partial charge on any atom is 0.274 e. The van der Waals surface area contributed by atoms with Gasteiger partial charge in [0, 0.05) is 25.6 Å². The van der Waals surface area contributed by atoms with Crippen molar-refractivity contribution < 1.29 is 14.0 Å². The van der Waals surface area contributed by atoms with Gasteiger partial charge in [-0.15, -0.1) is 0 Å². The van der Waals surface area contributed by atoms with E-state index in [-0.39, 0.29) is 39.7 Å². The zero-order chi connectivity index (χ0) is 20.5. The quantitative estimate of drug-likeness (QED) is 0.740. The number of amides is 1. The lowest BCUT2D eigenvalue weighted by molar-refractivity contribution is 0.0447. The van der Waals surface area contributed by atoms with Crippen LogP contribution in [-0.2, 0) is 9.96 Å². The number of likely N-dealkylation sites (N-methyl/N-ethyl adjacent to an activating group) is 1. The first-order valence-electron chi connectivity index (χ1n) is 9.54. The Morgan fingerprint density at radius 2 is 1.85 bits per heavy atom. The fraction of sp³-hybridized carbons (Fsp3) is 0.700. The second kappa shape index (κ2) is 5.94. The molecule has 1 aromatic rings. The summed E-state index contributed by atoms with van der Waals surface area (Å²) in [5, 5.41) is 0.0545. The average Bonchev–Trinajstić information content (AvgIpc) is 2.72. The molecule has 0 saturated carbocycles. The normalized spacial score (nSPS) is 27.7. The molecule has 0 aliphatic carbocycles. The maximum atomic E-state index is 12.9. The molecular formula is C20H32N2O4Si. The molecule has 0 bridgehead atoms. The number of aromatic nitrogens is 1. The third kappa shape index (κ3) is 2.69. The van der Waals surface area contributed by atoms with Crippen LogP contribution in [0.3, 0.4) is 0 Å². The topological polar surface area (TPSA) is 60.8 Å². The van der Waals surface area contributed by atoms with Crippen molar-refractivity contribution in [2.24, 2.45) is 5.92 Å². The summed E-state index contributed by atoms with van der Waals surface area (Å²) < 4.78 is 14.2. The molecule has 27 heavy (non-hydrogen) atoms. The Hall–Kier alpha value is -1.60. The molecule has 7 heteroatoms. The van der Waals surface area contributed by atoms with Crippen LogP contribution in [0, 0.1) is 5.92 Å². The molecule has 150 valence electrons. The Balaban J connectivity index is 2.26. The summed E-state index contributed by atoms with van der Waals surface area (Å²) >= 11 is 0. The molecule has 6 nitrogen and oxygen atoms in total. The average molecular weight is 393 g/mol. The second-order valence-corrected chi connectivity index (χ2v) is 14.5. The number of hydrogen-bond acceptors (Lipinski definition) is 4. The zero-order valence-corrected chi connectivity index (χ0v) is 19.0. The molecule has 0 N–H and O–H groups in total. The number of hydrogen-bond donors (Lipinski definition) is 0. The number of nitrogens with zero attached hydrogens (tertiary/aromatic N) is 2. The van der Waals surface area contributed by atoms with Gasteiger partial charge in [-0.05, 0) is 25.1 Å². The predicted octanol–water partition coefficient (Wildman–Crippen LogP) is 3.37. The van der Waals surface area contributed by atoms with E-state index >= 15 is 0 Å². The Bertz CT molecular complexity index is 855. The van der Waals surface area contributed by atoms with Crippen molar-refractivity contribution in [1.29, 1.82) is 0 Å². The molecule has 1 amide bonds. The molecular weight excluding hydrogens is 360 g/mol. The molecule has 3 unspecified atom stereocenters. The van der Waals surface area contributed by atoms with Gasteiger partial charge < -0.3 is 18.6 Å². The van der Waals surface area contributed by atoms with Gasteiger partial charge in [0.05, 0.1) is 24.4 Å². The van der Waals surface area contributed by atoms with Gasteiger partial charge in [0.15, 0.2) is 19.8 Å². The van der Waals surface area contributed by atoms with E-state index in [1.54, 1.807) is 18.0 Å². The highest BCUT2D eigenvalue weighted by Gasteiger charge is 2.55. The highest BCUT2D eigenvalue weighted by molar-refractivity contribution is 6.74. The van der Waals surface area contributed by atoms with E-state index in [9.17, 15) is 9.59 Å². The molecule has 2 aliphatic rings. The first-order valence-corrected chi connectivity index (χ1v) is 12.4. The lowest BCUT2D eigenvalue weighted by atomic mass is 9.84. The van der Waals surface area contributed by atoms with Crippen molar-refractivity contribution in [3.8, 4) is 5.75 Å². The van der Waals surface area contributed by atoms with Crippen LogP contribution in [-0.4, -0.2) is 44.4 Å². The first kappa shape index (κ1) is 20.1. The van der Waals surface area contributed by atoms with Crippen molar-refractivity contribution >= 4 is 14.2 Å². The van der Waals surface area contributed by atoms with E-state index in [0.29, 0.717) is 12.2 Å². The second-order valence-electron chi connectivity index (χ2n) is 9.76. The monoisotopic (exact) mass is 392 g/mol. The van der Waals surface area contributed by atoms with E-state index in [4.69, 9.17) is 9.16 Å². The Kier molecular flexibility index (Phi) is 4.43. The Morgan fingerprint density at radius 3 is 2.37 bits per heavy atom. The number of carbonyl (C=O) groups is 1. The summed E-state index contributed by atoms with van der Waals surface area (Å²) in [5.74, 6) is 0.0672. The minimum atomic E-state index is -2.07. The fourth-order valence-electron chi connectivity index (χ4n) is 4.15. The third-order valence-electron chi connectivity index (χ3n) is 6.98. The molecule has 0 radical (unpaired) electrons. The van der Waals surface area contributed by atoms with Crippen molar-refractivity contribution in [3.63, 3.8) is 0 Å². The van der Waals surface area contributed by atoms with Crippen LogP contribution < -0.4 is 10.2 Å². The van der Waals surface area contributed by atoms with Crippen LogP contribution in [0.1, 0.15) is 56.9 Å². The van der Waals surface area contributed by atoms with E-state index < -0.39 is 8.32 Å². The minimum Gasteiger partial charge on any atom is -0.491 e. The van der Waals surface area contributed by atoms with Crippen LogP contribution in [0.5, 0.6) is 5.75 Å². The molecule has 0 fully saturated rings. The van der Waals surface area contributed by atoms with Crippen LogP contribution in [0.25, 0.3) is 0 Å². The smallest absolute Gasteiger partial charge is 0.274 e. The predicted molar refractivity (Wildman–Crippen MR) is 108 cm³/mol. The molecule has 1 aromatic heterocycles. The maximum absolute atomic E-state index is 12.9. The zero-order valence-electron chi connectivity index (χ0n) is 18.0. The van der Waals surface area contributed by atoms with Gasteiger partial charge in [-0.2, -0.15) is 0 Å². The molecule has 0 spiro atoms. The molecule has 3 heterocycles. The van der Waals surface area contributed by atoms with Gasteiger partial charge in [-0.1, -0.05) is 27.7 Å². The highest BCUT2D eigenvalue weighted by atomic mass is 28.4. The third-order valence-corrected chi connectivity index (χ3v) is 11.4. The van der Waals surface area contributed by atoms with Gasteiger partial charge in [0.25, 0.3) is 5.91 Å². The molecule has 3 atom stereocenters. The molecule has 3 rings (SSSR count). The van der Waals surface area contributed by atoms with Gasteiger partial charge >= 0.3 is 0 Å². The summed E-state index contributed by atoms with van der Waals surface area (Å²) in [6, 6.07) is 1.61. The van der Waals surface area contributed by atoms with Crippen molar-refractivity contribution in [1.82, 2.24) is 9.47 Å². The lowest BCUT2D eigenvalue weighted by Gasteiger charge is -2.43. The number of pyridine rings is 1. The number of ether oxygens (including phenoxy) is 1. The van der Waals surface area contributed by atoms with Crippen molar-refractivity contribution in [3.05, 3.63) is 27.7 Å². The van der Waals surface area contributed by atoms with Crippen LogP contribution in [0.4, 0.5) is 0 Å². The van der Waals surface area contributed by atoms with E-state index in [1.165, 1.54) is 7.11 Å².